The summed E-state index contributed by atoms with van der Waals surface area (Å²) in [6.45, 7) is 2.05. The van der Waals surface area contributed by atoms with Crippen LogP contribution in [0.3, 0.4) is 0 Å². The van der Waals surface area contributed by atoms with Gasteiger partial charge in [0.05, 0.1) is 6.04 Å². The molecule has 1 aromatic rings. The molecule has 0 saturated heterocycles. The first kappa shape index (κ1) is 11.4. The van der Waals surface area contributed by atoms with Gasteiger partial charge in [0.25, 0.3) is 0 Å². The highest BCUT2D eigenvalue weighted by Gasteiger charge is 2.11. The van der Waals surface area contributed by atoms with Gasteiger partial charge in [0.15, 0.2) is 0 Å². The summed E-state index contributed by atoms with van der Waals surface area (Å²) in [7, 11) is 0. The summed E-state index contributed by atoms with van der Waals surface area (Å²) in [6, 6.07) is 3.82. The molecule has 0 radical (unpaired) electrons. The van der Waals surface area contributed by atoms with Gasteiger partial charge >= 0.3 is 0 Å². The first-order valence-electron chi connectivity index (χ1n) is 5.04. The van der Waals surface area contributed by atoms with E-state index >= 15 is 0 Å². The quantitative estimate of drug-likeness (QED) is 0.785. The highest BCUT2D eigenvalue weighted by atomic mass is 32.1. The maximum absolute atomic E-state index is 11.5. The van der Waals surface area contributed by atoms with E-state index in [1.807, 2.05) is 18.4 Å². The number of rotatable bonds is 6. The SMILES string of the molecule is CCCC(N)C(=O)CCc1cccs1. The van der Waals surface area contributed by atoms with Crippen molar-refractivity contribution in [2.24, 2.45) is 5.73 Å². The molecule has 0 aliphatic heterocycles. The Balaban J connectivity index is 2.27. The third-order valence-electron chi connectivity index (χ3n) is 2.21. The van der Waals surface area contributed by atoms with Crippen molar-refractivity contribution in [2.75, 3.05) is 0 Å². The van der Waals surface area contributed by atoms with E-state index < -0.39 is 0 Å². The van der Waals surface area contributed by atoms with Crippen molar-refractivity contribution in [3.8, 4) is 0 Å². The van der Waals surface area contributed by atoms with E-state index in [1.54, 1.807) is 11.3 Å². The topological polar surface area (TPSA) is 43.1 Å². The fraction of sp³-hybridized carbons (Fsp3) is 0.545. The number of carbonyl (C=O) groups excluding carboxylic acids is 1. The lowest BCUT2D eigenvalue weighted by atomic mass is 10.0. The predicted octanol–water partition coefficient (Wildman–Crippen LogP) is 2.38. The molecule has 0 aromatic carbocycles. The summed E-state index contributed by atoms with van der Waals surface area (Å²) in [5.41, 5.74) is 5.72. The van der Waals surface area contributed by atoms with E-state index in [2.05, 4.69) is 6.07 Å². The largest absolute Gasteiger partial charge is 0.322 e. The summed E-state index contributed by atoms with van der Waals surface area (Å²) >= 11 is 1.70. The molecule has 0 amide bonds. The average molecular weight is 211 g/mol. The third kappa shape index (κ3) is 3.60. The van der Waals surface area contributed by atoms with Gasteiger partial charge in [-0.2, -0.15) is 0 Å². The Morgan fingerprint density at radius 2 is 2.43 bits per heavy atom. The molecule has 3 heteroatoms. The summed E-state index contributed by atoms with van der Waals surface area (Å²) in [6.07, 6.45) is 3.21. The minimum Gasteiger partial charge on any atom is -0.322 e. The van der Waals surface area contributed by atoms with Crippen molar-refractivity contribution >= 4 is 17.1 Å². The van der Waals surface area contributed by atoms with Crippen molar-refractivity contribution in [3.05, 3.63) is 22.4 Å². The Bertz CT molecular complexity index is 269. The molecule has 0 aliphatic rings. The Kier molecular flexibility index (Phi) is 4.84. The van der Waals surface area contributed by atoms with Gasteiger partial charge in [-0.05, 0) is 24.3 Å². The van der Waals surface area contributed by atoms with Crippen LogP contribution in [0.4, 0.5) is 0 Å². The first-order valence-corrected chi connectivity index (χ1v) is 5.92. The maximum atomic E-state index is 11.5. The van der Waals surface area contributed by atoms with Gasteiger partial charge in [0.2, 0.25) is 0 Å². The second-order valence-corrected chi connectivity index (χ2v) is 4.47. The number of thiophene rings is 1. The third-order valence-corrected chi connectivity index (χ3v) is 3.15. The second-order valence-electron chi connectivity index (χ2n) is 3.44. The van der Waals surface area contributed by atoms with Gasteiger partial charge in [-0.25, -0.2) is 0 Å². The molecule has 2 N–H and O–H groups in total. The van der Waals surface area contributed by atoms with Crippen LogP contribution in [-0.4, -0.2) is 11.8 Å². The van der Waals surface area contributed by atoms with Crippen molar-refractivity contribution in [2.45, 2.75) is 38.6 Å². The zero-order valence-corrected chi connectivity index (χ0v) is 9.35. The average Bonchev–Trinajstić information content (AvgIpc) is 2.67. The smallest absolute Gasteiger partial charge is 0.149 e. The van der Waals surface area contributed by atoms with Gasteiger partial charge in [0, 0.05) is 11.3 Å². The van der Waals surface area contributed by atoms with Crippen molar-refractivity contribution in [1.29, 1.82) is 0 Å². The summed E-state index contributed by atoms with van der Waals surface area (Å²) in [5.74, 6) is 0.195. The number of ketones is 1. The standard InChI is InChI=1S/C11H17NOS/c1-2-4-10(12)11(13)7-6-9-5-3-8-14-9/h3,5,8,10H,2,4,6-7,12H2,1H3. The van der Waals surface area contributed by atoms with Crippen LogP contribution < -0.4 is 5.73 Å². The molecule has 78 valence electrons. The van der Waals surface area contributed by atoms with Crippen molar-refractivity contribution in [1.82, 2.24) is 0 Å². The lowest BCUT2D eigenvalue weighted by Crippen LogP contribution is -2.30. The number of aryl methyl sites for hydroxylation is 1. The summed E-state index contributed by atoms with van der Waals surface area (Å²) in [4.78, 5) is 12.8. The van der Waals surface area contributed by atoms with E-state index in [0.29, 0.717) is 6.42 Å². The number of Topliss-reactive ketones (excluding diaryl/α,β-unsaturated/α-hetero) is 1. The van der Waals surface area contributed by atoms with Gasteiger partial charge in [-0.1, -0.05) is 19.4 Å². The van der Waals surface area contributed by atoms with Crippen LogP contribution in [0.5, 0.6) is 0 Å². The van der Waals surface area contributed by atoms with E-state index in [0.717, 1.165) is 19.3 Å². The van der Waals surface area contributed by atoms with Gasteiger partial charge in [-0.3, -0.25) is 4.79 Å². The molecule has 1 rings (SSSR count). The second kappa shape index (κ2) is 5.94. The fourth-order valence-corrected chi connectivity index (χ4v) is 2.07. The predicted molar refractivity (Wildman–Crippen MR) is 60.5 cm³/mol. The van der Waals surface area contributed by atoms with Crippen molar-refractivity contribution < 1.29 is 4.79 Å². The van der Waals surface area contributed by atoms with Gasteiger partial charge < -0.3 is 5.73 Å². The van der Waals surface area contributed by atoms with Crippen LogP contribution in [-0.2, 0) is 11.2 Å². The molecular weight excluding hydrogens is 194 g/mol. The Hall–Kier alpha value is -0.670. The van der Waals surface area contributed by atoms with Crippen LogP contribution >= 0.6 is 11.3 Å². The monoisotopic (exact) mass is 211 g/mol. The van der Waals surface area contributed by atoms with Crippen LogP contribution in [0.15, 0.2) is 17.5 Å². The van der Waals surface area contributed by atoms with Gasteiger partial charge in [-0.15, -0.1) is 11.3 Å². The lowest BCUT2D eigenvalue weighted by Gasteiger charge is -2.07. The van der Waals surface area contributed by atoms with Crippen LogP contribution in [0.2, 0.25) is 0 Å². The van der Waals surface area contributed by atoms with Gasteiger partial charge in [0.1, 0.15) is 5.78 Å². The summed E-state index contributed by atoms with van der Waals surface area (Å²) < 4.78 is 0. The van der Waals surface area contributed by atoms with Crippen LogP contribution in [0, 0.1) is 0 Å². The van der Waals surface area contributed by atoms with E-state index in [4.69, 9.17) is 5.73 Å². The lowest BCUT2D eigenvalue weighted by molar-refractivity contribution is -0.120. The normalized spacial score (nSPS) is 12.7. The molecule has 2 nitrogen and oxygen atoms in total. The molecule has 1 aromatic heterocycles. The number of nitrogens with two attached hydrogens (primary N) is 1. The van der Waals surface area contributed by atoms with E-state index in [-0.39, 0.29) is 11.8 Å². The minimum atomic E-state index is -0.250. The molecule has 14 heavy (non-hydrogen) atoms. The number of hydrogen-bond donors (Lipinski definition) is 1. The molecule has 1 unspecified atom stereocenters. The van der Waals surface area contributed by atoms with E-state index in [9.17, 15) is 4.79 Å². The molecule has 0 spiro atoms. The zero-order chi connectivity index (χ0) is 10.4. The summed E-state index contributed by atoms with van der Waals surface area (Å²) in [5, 5.41) is 2.03. The highest BCUT2D eigenvalue weighted by Crippen LogP contribution is 2.11. The Labute approximate surface area is 89.1 Å². The first-order chi connectivity index (χ1) is 6.74. The Morgan fingerprint density at radius 3 is 3.00 bits per heavy atom. The molecule has 0 fully saturated rings. The maximum Gasteiger partial charge on any atom is 0.149 e. The van der Waals surface area contributed by atoms with Crippen LogP contribution in [0.25, 0.3) is 0 Å². The molecule has 1 heterocycles. The van der Waals surface area contributed by atoms with Crippen molar-refractivity contribution in [3.63, 3.8) is 0 Å². The molecule has 0 saturated carbocycles. The van der Waals surface area contributed by atoms with E-state index in [1.165, 1.54) is 4.88 Å². The Morgan fingerprint density at radius 1 is 1.64 bits per heavy atom. The molecule has 0 aliphatic carbocycles. The number of carbonyl (C=O) groups is 1. The highest BCUT2D eigenvalue weighted by molar-refractivity contribution is 7.09. The molecule has 1 atom stereocenters. The zero-order valence-electron chi connectivity index (χ0n) is 8.53. The fourth-order valence-electron chi connectivity index (χ4n) is 1.36. The number of hydrogen-bond acceptors (Lipinski definition) is 3. The molecular formula is C11H17NOS. The molecule has 0 bridgehead atoms. The van der Waals surface area contributed by atoms with Crippen LogP contribution in [0.1, 0.15) is 31.1 Å². The minimum absolute atomic E-state index is 0.195.